The summed E-state index contributed by atoms with van der Waals surface area (Å²) in [5, 5.41) is 0. The van der Waals surface area contributed by atoms with Crippen molar-refractivity contribution in [3.63, 3.8) is 0 Å². The van der Waals surface area contributed by atoms with Gasteiger partial charge in [-0.05, 0) is 12.8 Å². The van der Waals surface area contributed by atoms with Crippen LogP contribution in [0.5, 0.6) is 0 Å². The fraction of sp³-hybridized carbons (Fsp3) is 0.846. The lowest BCUT2D eigenvalue weighted by atomic mass is 10.1. The number of esters is 2. The predicted octanol–water partition coefficient (Wildman–Crippen LogP) is 2.66. The van der Waals surface area contributed by atoms with Crippen molar-refractivity contribution in [3.8, 4) is 0 Å². The summed E-state index contributed by atoms with van der Waals surface area (Å²) in [6.45, 7) is 0.771. The number of rotatable bonds is 12. The Balaban J connectivity index is 3.22. The molecule has 0 aliphatic rings. The molecule has 0 spiro atoms. The lowest BCUT2D eigenvalue weighted by Crippen LogP contribution is -2.06. The fourth-order valence-electron chi connectivity index (χ4n) is 1.53. The van der Waals surface area contributed by atoms with Gasteiger partial charge in [0, 0.05) is 24.3 Å². The third kappa shape index (κ3) is 13.9. The third-order valence-corrected chi connectivity index (χ3v) is 2.84. The van der Waals surface area contributed by atoms with Gasteiger partial charge in [-0.25, -0.2) is 0 Å². The molecule has 0 amide bonds. The summed E-state index contributed by atoms with van der Waals surface area (Å²) in [4.78, 5) is 22.3. The molecule has 0 aromatic carbocycles. The first-order chi connectivity index (χ1) is 9.20. The van der Waals surface area contributed by atoms with Crippen molar-refractivity contribution in [1.82, 2.24) is 0 Å². The van der Waals surface area contributed by atoms with Gasteiger partial charge in [0.15, 0.2) is 0 Å². The van der Waals surface area contributed by atoms with E-state index in [-0.39, 0.29) is 11.9 Å². The van der Waals surface area contributed by atoms with Crippen LogP contribution < -0.4 is 0 Å². The van der Waals surface area contributed by atoms with Gasteiger partial charge >= 0.3 is 11.9 Å². The van der Waals surface area contributed by atoms with Crippen molar-refractivity contribution in [2.75, 3.05) is 24.7 Å². The molecule has 0 aromatic rings. The summed E-state index contributed by atoms with van der Waals surface area (Å²) < 4.78 is 9.81. The maximum absolute atomic E-state index is 11.2. The standard InChI is InChI=1S/C13H24O4S2/c14-12(16-8-10-18)6-4-2-1-3-5-7-13(15)17-9-11-19/h18-19H,1-11H2. The molecule has 0 bridgehead atoms. The molecular formula is C13H24O4S2. The van der Waals surface area contributed by atoms with Gasteiger partial charge in [0.2, 0.25) is 0 Å². The number of ether oxygens (including phenoxy) is 2. The average molecular weight is 308 g/mol. The SMILES string of the molecule is O=C(CCCCCCCC(=O)OCCS)OCCS. The van der Waals surface area contributed by atoms with Crippen LogP contribution in [0.1, 0.15) is 44.9 Å². The van der Waals surface area contributed by atoms with Crippen molar-refractivity contribution >= 4 is 37.2 Å². The molecule has 19 heavy (non-hydrogen) atoms. The van der Waals surface area contributed by atoms with Crippen molar-refractivity contribution in [2.24, 2.45) is 0 Å². The smallest absolute Gasteiger partial charge is 0.305 e. The molecule has 0 heterocycles. The molecule has 6 heteroatoms. The molecule has 0 aliphatic carbocycles. The highest BCUT2D eigenvalue weighted by atomic mass is 32.1. The Morgan fingerprint density at radius 1 is 0.684 bits per heavy atom. The predicted molar refractivity (Wildman–Crippen MR) is 81.9 cm³/mol. The summed E-state index contributed by atoms with van der Waals surface area (Å²) in [6.07, 6.45) is 5.63. The highest BCUT2D eigenvalue weighted by Gasteiger charge is 2.03. The van der Waals surface area contributed by atoms with Crippen LogP contribution in [0.25, 0.3) is 0 Å². The molecule has 0 saturated heterocycles. The summed E-state index contributed by atoms with van der Waals surface area (Å²) in [7, 11) is 0. The van der Waals surface area contributed by atoms with E-state index in [0.29, 0.717) is 37.6 Å². The molecule has 0 unspecified atom stereocenters. The quantitative estimate of drug-likeness (QED) is 0.331. The van der Waals surface area contributed by atoms with Gasteiger partial charge in [0.1, 0.15) is 13.2 Å². The molecule has 0 radical (unpaired) electrons. The molecule has 0 aliphatic heterocycles. The summed E-state index contributed by atoms with van der Waals surface area (Å²) >= 11 is 7.92. The molecule has 0 fully saturated rings. The van der Waals surface area contributed by atoms with E-state index >= 15 is 0 Å². The van der Waals surface area contributed by atoms with Crippen LogP contribution in [-0.4, -0.2) is 36.7 Å². The second-order valence-corrected chi connectivity index (χ2v) is 5.05. The first-order valence-corrected chi connectivity index (χ1v) is 8.00. The van der Waals surface area contributed by atoms with Crippen LogP contribution >= 0.6 is 25.3 Å². The molecule has 112 valence electrons. The second kappa shape index (κ2) is 14.1. The minimum absolute atomic E-state index is 0.149. The second-order valence-electron chi connectivity index (χ2n) is 4.16. The minimum Gasteiger partial charge on any atom is -0.465 e. The van der Waals surface area contributed by atoms with E-state index in [4.69, 9.17) is 9.47 Å². The van der Waals surface area contributed by atoms with E-state index in [1.54, 1.807) is 0 Å². The summed E-state index contributed by atoms with van der Waals surface area (Å²) in [5.41, 5.74) is 0. The normalized spacial score (nSPS) is 10.2. The van der Waals surface area contributed by atoms with Gasteiger partial charge in [0.25, 0.3) is 0 Å². The average Bonchev–Trinajstić information content (AvgIpc) is 2.41. The number of unbranched alkanes of at least 4 members (excludes halogenated alkanes) is 4. The Morgan fingerprint density at radius 3 is 1.42 bits per heavy atom. The third-order valence-electron chi connectivity index (χ3n) is 2.47. The van der Waals surface area contributed by atoms with Crippen LogP contribution in [0.4, 0.5) is 0 Å². The molecule has 4 nitrogen and oxygen atoms in total. The van der Waals surface area contributed by atoms with Gasteiger partial charge in [-0.1, -0.05) is 19.3 Å². The van der Waals surface area contributed by atoms with Gasteiger partial charge in [-0.3, -0.25) is 9.59 Å². The highest BCUT2D eigenvalue weighted by molar-refractivity contribution is 7.80. The van der Waals surface area contributed by atoms with E-state index in [2.05, 4.69) is 25.3 Å². The van der Waals surface area contributed by atoms with Gasteiger partial charge in [-0.15, -0.1) is 0 Å². The Labute approximate surface area is 126 Å². The Morgan fingerprint density at radius 2 is 1.05 bits per heavy atom. The zero-order valence-electron chi connectivity index (χ0n) is 11.3. The number of thiol groups is 2. The Bertz CT molecular complexity index is 223. The van der Waals surface area contributed by atoms with Crippen LogP contribution in [0.15, 0.2) is 0 Å². The number of hydrogen-bond donors (Lipinski definition) is 2. The van der Waals surface area contributed by atoms with Crippen molar-refractivity contribution in [1.29, 1.82) is 0 Å². The lowest BCUT2D eigenvalue weighted by molar-refractivity contribution is -0.143. The maximum Gasteiger partial charge on any atom is 0.305 e. The van der Waals surface area contributed by atoms with Crippen molar-refractivity contribution < 1.29 is 19.1 Å². The molecular weight excluding hydrogens is 284 g/mol. The van der Waals surface area contributed by atoms with Gasteiger partial charge < -0.3 is 9.47 Å². The van der Waals surface area contributed by atoms with Crippen LogP contribution in [0.2, 0.25) is 0 Å². The zero-order chi connectivity index (χ0) is 14.3. The van der Waals surface area contributed by atoms with E-state index in [0.717, 1.165) is 32.1 Å². The topological polar surface area (TPSA) is 52.6 Å². The van der Waals surface area contributed by atoms with E-state index < -0.39 is 0 Å². The summed E-state index contributed by atoms with van der Waals surface area (Å²) in [6, 6.07) is 0. The molecule has 0 N–H and O–H groups in total. The monoisotopic (exact) mass is 308 g/mol. The van der Waals surface area contributed by atoms with E-state index in [9.17, 15) is 9.59 Å². The maximum atomic E-state index is 11.2. The Hall–Kier alpha value is -0.360. The first-order valence-electron chi connectivity index (χ1n) is 6.73. The lowest BCUT2D eigenvalue weighted by Gasteiger charge is -2.04. The van der Waals surface area contributed by atoms with Crippen LogP contribution in [-0.2, 0) is 19.1 Å². The van der Waals surface area contributed by atoms with Crippen LogP contribution in [0, 0.1) is 0 Å². The largest absolute Gasteiger partial charge is 0.465 e. The van der Waals surface area contributed by atoms with Gasteiger partial charge in [-0.2, -0.15) is 25.3 Å². The molecule has 0 saturated carbocycles. The molecule has 0 rings (SSSR count). The van der Waals surface area contributed by atoms with E-state index in [1.807, 2.05) is 0 Å². The molecule has 0 atom stereocenters. The summed E-state index contributed by atoms with van der Waals surface area (Å²) in [5.74, 6) is 0.832. The Kier molecular flexibility index (Phi) is 13.8. The number of carbonyl (C=O) groups excluding carboxylic acids is 2. The first kappa shape index (κ1) is 18.6. The number of carbonyl (C=O) groups is 2. The van der Waals surface area contributed by atoms with E-state index in [1.165, 1.54) is 0 Å². The fourth-order valence-corrected chi connectivity index (χ4v) is 1.71. The van der Waals surface area contributed by atoms with Gasteiger partial charge in [0.05, 0.1) is 0 Å². The minimum atomic E-state index is -0.149. The molecule has 0 aromatic heterocycles. The van der Waals surface area contributed by atoms with Crippen LogP contribution in [0.3, 0.4) is 0 Å². The van der Waals surface area contributed by atoms with Crippen molar-refractivity contribution in [2.45, 2.75) is 44.9 Å². The number of hydrogen-bond acceptors (Lipinski definition) is 6. The zero-order valence-corrected chi connectivity index (χ0v) is 13.1. The highest BCUT2D eigenvalue weighted by Crippen LogP contribution is 2.08. The van der Waals surface area contributed by atoms with Crippen molar-refractivity contribution in [3.05, 3.63) is 0 Å².